The van der Waals surface area contributed by atoms with Gasteiger partial charge in [0.05, 0.1) is 18.1 Å². The Morgan fingerprint density at radius 3 is 2.23 bits per heavy atom. The smallest absolute Gasteiger partial charge is 0.295 e. The number of aromatic nitrogens is 2. The van der Waals surface area contributed by atoms with Crippen molar-refractivity contribution in [3.05, 3.63) is 65.3 Å². The van der Waals surface area contributed by atoms with Gasteiger partial charge in [0.15, 0.2) is 0 Å². The van der Waals surface area contributed by atoms with Gasteiger partial charge in [-0.1, -0.05) is 31.4 Å². The van der Waals surface area contributed by atoms with Crippen molar-refractivity contribution in [3.8, 4) is 5.75 Å². The highest BCUT2D eigenvalue weighted by molar-refractivity contribution is 6.45. The molecule has 0 spiro atoms. The number of nitrogens with zero attached hydrogens (tertiary/aromatic N) is 2. The Balaban J connectivity index is 1.76. The number of nitrogens with one attached hydrogen (secondary N) is 2. The number of ketones is 1. The number of pyridine rings is 1. The van der Waals surface area contributed by atoms with E-state index in [1.807, 2.05) is 0 Å². The van der Waals surface area contributed by atoms with Gasteiger partial charge in [0.2, 0.25) is 0 Å². The second-order valence-electron chi connectivity index (χ2n) is 6.61. The molecule has 0 aromatic carbocycles. The summed E-state index contributed by atoms with van der Waals surface area (Å²) >= 11 is 0. The Kier molecular flexibility index (Phi) is 6.01. The molecule has 0 saturated carbocycles. The molecule has 0 unspecified atom stereocenters. The molecule has 1 aliphatic rings. The summed E-state index contributed by atoms with van der Waals surface area (Å²) in [5.74, 6) is -1.37. The van der Waals surface area contributed by atoms with Gasteiger partial charge in [-0.15, -0.1) is 0 Å². The quantitative estimate of drug-likeness (QED) is 0.319. The van der Waals surface area contributed by atoms with E-state index in [0.717, 1.165) is 0 Å². The summed E-state index contributed by atoms with van der Waals surface area (Å²) in [5.41, 5.74) is 0.221. The number of H-pyrrole nitrogens is 2. The number of fused-ring (bicyclic) bond motifs is 1. The summed E-state index contributed by atoms with van der Waals surface area (Å²) in [5, 5.41) is 0.263. The molecule has 9 heteroatoms. The molecule has 2 aromatic heterocycles. The third-order valence-electron chi connectivity index (χ3n) is 4.97. The van der Waals surface area contributed by atoms with Crippen molar-refractivity contribution in [2.24, 2.45) is 0 Å². The Morgan fingerprint density at radius 2 is 1.67 bits per heavy atom. The number of methoxy groups -OCH3 is 1. The molecule has 0 atom stereocenters. The number of Topliss-reactive ketones (excluding diaryl/α,β-unsaturated/α-hetero) is 1. The fraction of sp³-hybridized carbons (Fsp3) is 0.238. The number of hydrogen-bond acceptors (Lipinski definition) is 5. The molecule has 3 rings (SSSR count). The molecule has 3 heterocycles. The van der Waals surface area contributed by atoms with Crippen LogP contribution in [0.2, 0.25) is 0 Å². The normalized spacial score (nSPS) is 14.5. The Bertz CT molecular complexity index is 1120. The lowest BCUT2D eigenvalue weighted by Crippen LogP contribution is -2.52. The number of amides is 2. The highest BCUT2D eigenvalue weighted by Crippen LogP contribution is 2.26. The zero-order chi connectivity index (χ0) is 21.8. The summed E-state index contributed by atoms with van der Waals surface area (Å²) in [6, 6.07) is 0. The molecule has 9 nitrogen and oxygen atoms in total. The van der Waals surface area contributed by atoms with Crippen LogP contribution in [0.3, 0.4) is 0 Å². The van der Waals surface area contributed by atoms with Gasteiger partial charge in [0.25, 0.3) is 23.2 Å². The zero-order valence-electron chi connectivity index (χ0n) is 16.6. The van der Waals surface area contributed by atoms with Crippen molar-refractivity contribution in [3.63, 3.8) is 0 Å². The maximum Gasteiger partial charge on any atom is 0.295 e. The van der Waals surface area contributed by atoms with Crippen LogP contribution < -0.4 is 10.3 Å². The van der Waals surface area contributed by atoms with Crippen LogP contribution in [-0.2, 0) is 9.59 Å². The Morgan fingerprint density at radius 1 is 1.03 bits per heavy atom. The molecule has 0 aliphatic carbocycles. The average Bonchev–Trinajstić information content (AvgIpc) is 3.22. The molecular formula is C21H22N4O5. The van der Waals surface area contributed by atoms with Gasteiger partial charge in [-0.25, -0.2) is 0 Å². The van der Waals surface area contributed by atoms with Gasteiger partial charge in [0, 0.05) is 44.1 Å². The van der Waals surface area contributed by atoms with Crippen molar-refractivity contribution in [1.82, 2.24) is 19.8 Å². The van der Waals surface area contributed by atoms with E-state index in [4.69, 9.17) is 4.74 Å². The first kappa shape index (κ1) is 20.8. The lowest BCUT2D eigenvalue weighted by molar-refractivity contribution is -0.134. The van der Waals surface area contributed by atoms with Crippen LogP contribution >= 0.6 is 0 Å². The van der Waals surface area contributed by atoms with Gasteiger partial charge in [-0.05, 0) is 0 Å². The van der Waals surface area contributed by atoms with Crippen LogP contribution in [0.15, 0.2) is 54.1 Å². The fourth-order valence-electron chi connectivity index (χ4n) is 3.38. The third kappa shape index (κ3) is 3.69. The van der Waals surface area contributed by atoms with Crippen LogP contribution in [0.25, 0.3) is 10.9 Å². The van der Waals surface area contributed by atoms with Crippen molar-refractivity contribution in [2.75, 3.05) is 33.3 Å². The number of carbonyl (C=O) groups excluding carboxylic acids is 3. The van der Waals surface area contributed by atoms with Crippen LogP contribution in [-0.4, -0.2) is 70.7 Å². The summed E-state index contributed by atoms with van der Waals surface area (Å²) in [6.45, 7) is 8.21. The highest BCUT2D eigenvalue weighted by Gasteiger charge is 2.31. The number of piperazine rings is 1. The molecule has 156 valence electrons. The van der Waals surface area contributed by atoms with E-state index in [9.17, 15) is 19.2 Å². The minimum atomic E-state index is -0.747. The molecule has 0 radical (unpaired) electrons. The molecule has 2 N–H and O–H groups in total. The van der Waals surface area contributed by atoms with Crippen molar-refractivity contribution in [1.29, 1.82) is 0 Å². The molecule has 2 aromatic rings. The number of aromatic amines is 2. The molecule has 30 heavy (non-hydrogen) atoms. The molecule has 0 bridgehead atoms. The lowest BCUT2D eigenvalue weighted by atomic mass is 10.1. The third-order valence-corrected chi connectivity index (χ3v) is 4.97. The molecular weight excluding hydrogens is 388 g/mol. The van der Waals surface area contributed by atoms with Gasteiger partial charge < -0.3 is 24.5 Å². The van der Waals surface area contributed by atoms with E-state index >= 15 is 0 Å². The minimum Gasteiger partial charge on any atom is -0.494 e. The van der Waals surface area contributed by atoms with E-state index in [0.29, 0.717) is 5.57 Å². The van der Waals surface area contributed by atoms with E-state index in [-0.39, 0.29) is 54.3 Å². The second kappa shape index (κ2) is 8.64. The van der Waals surface area contributed by atoms with Gasteiger partial charge >= 0.3 is 0 Å². The largest absolute Gasteiger partial charge is 0.494 e. The van der Waals surface area contributed by atoms with Crippen LogP contribution in [0.4, 0.5) is 0 Å². The predicted molar refractivity (Wildman–Crippen MR) is 111 cm³/mol. The standard InChI is InChI=1S/C21H22N4O5/c1-4-6-13(5-2)20(28)24-7-9-25(10-8-24)21(29)18(26)14-11-22-17-16(14)15(30-3)12-23-19(17)27/h4-6,11-12,22H,1-2,7-10H2,3H3,(H,23,27)/b13-6+. The van der Waals surface area contributed by atoms with Gasteiger partial charge in [-0.3, -0.25) is 19.2 Å². The van der Waals surface area contributed by atoms with Crippen LogP contribution in [0.5, 0.6) is 5.75 Å². The van der Waals surface area contributed by atoms with E-state index in [1.54, 1.807) is 11.0 Å². The fourth-order valence-corrected chi connectivity index (χ4v) is 3.38. The second-order valence-corrected chi connectivity index (χ2v) is 6.61. The monoisotopic (exact) mass is 410 g/mol. The maximum absolute atomic E-state index is 12.9. The van der Waals surface area contributed by atoms with Gasteiger partial charge in [0.1, 0.15) is 11.3 Å². The van der Waals surface area contributed by atoms with Crippen molar-refractivity contribution in [2.45, 2.75) is 0 Å². The van der Waals surface area contributed by atoms with Crippen molar-refractivity contribution >= 4 is 28.5 Å². The SMILES string of the molecule is C=C/C=C(\C=C)C(=O)N1CCN(C(=O)C(=O)c2c[nH]c3c(=O)[nH]cc(OC)c23)CC1. The van der Waals surface area contributed by atoms with E-state index in [2.05, 4.69) is 23.1 Å². The highest BCUT2D eigenvalue weighted by atomic mass is 16.5. The van der Waals surface area contributed by atoms with Crippen molar-refractivity contribution < 1.29 is 19.1 Å². The van der Waals surface area contributed by atoms with Crippen LogP contribution in [0.1, 0.15) is 10.4 Å². The summed E-state index contributed by atoms with van der Waals surface area (Å²) in [6.07, 6.45) is 7.21. The summed E-state index contributed by atoms with van der Waals surface area (Å²) in [7, 11) is 1.41. The first-order valence-electron chi connectivity index (χ1n) is 9.27. The predicted octanol–water partition coefficient (Wildman–Crippen LogP) is 1.02. The molecule has 1 aliphatic heterocycles. The zero-order valence-corrected chi connectivity index (χ0v) is 16.6. The topological polar surface area (TPSA) is 116 Å². The Labute approximate surface area is 172 Å². The first-order valence-corrected chi connectivity index (χ1v) is 9.27. The number of ether oxygens (including phenoxy) is 1. The number of allylic oxidation sites excluding steroid dienone is 2. The van der Waals surface area contributed by atoms with E-state index in [1.165, 1.54) is 36.6 Å². The molecule has 1 saturated heterocycles. The average molecular weight is 410 g/mol. The number of rotatable bonds is 6. The van der Waals surface area contributed by atoms with E-state index < -0.39 is 17.2 Å². The molecule has 2 amide bonds. The Hall–Kier alpha value is -3.88. The summed E-state index contributed by atoms with van der Waals surface area (Å²) < 4.78 is 5.22. The number of carbonyl (C=O) groups is 3. The molecule has 1 fully saturated rings. The number of hydrogen-bond donors (Lipinski definition) is 2. The first-order chi connectivity index (χ1) is 14.4. The maximum atomic E-state index is 12.9. The van der Waals surface area contributed by atoms with Crippen LogP contribution in [0, 0.1) is 0 Å². The summed E-state index contributed by atoms with van der Waals surface area (Å²) in [4.78, 5) is 58.3. The van der Waals surface area contributed by atoms with Gasteiger partial charge in [-0.2, -0.15) is 0 Å². The minimum absolute atomic E-state index is 0.0688. The lowest BCUT2D eigenvalue weighted by Gasteiger charge is -2.34.